The lowest BCUT2D eigenvalue weighted by molar-refractivity contribution is 0.203. The van der Waals surface area contributed by atoms with E-state index >= 15 is 0 Å². The molecule has 4 N–H and O–H groups in total. The van der Waals surface area contributed by atoms with Crippen LogP contribution in [0.15, 0.2) is 5.16 Å². The van der Waals surface area contributed by atoms with Crippen molar-refractivity contribution in [1.29, 1.82) is 0 Å². The third-order valence-corrected chi connectivity index (χ3v) is 3.72. The number of ether oxygens (including phenoxy) is 1. The minimum absolute atomic E-state index is 0.00413. The number of nitrogens with two attached hydrogens (primary N) is 1. The molecule has 0 amide bonds. The third-order valence-electron chi connectivity index (χ3n) is 2.03. The first-order chi connectivity index (χ1) is 7.97. The number of oxime groups is 1. The van der Waals surface area contributed by atoms with Crippen molar-refractivity contribution in [2.75, 3.05) is 33.4 Å². The van der Waals surface area contributed by atoms with Gasteiger partial charge in [-0.3, -0.25) is 0 Å². The lowest BCUT2D eigenvalue weighted by Gasteiger charge is -2.20. The molecule has 0 aromatic rings. The number of hydrogen-bond donors (Lipinski definition) is 3. The van der Waals surface area contributed by atoms with Crippen molar-refractivity contribution in [3.63, 3.8) is 0 Å². The minimum atomic E-state index is -3.54. The van der Waals surface area contributed by atoms with Crippen LogP contribution in [0, 0.1) is 0 Å². The topological polar surface area (TPSA) is 117 Å². The Bertz CT molecular complexity index is 330. The van der Waals surface area contributed by atoms with Crippen molar-refractivity contribution in [3.8, 4) is 0 Å². The summed E-state index contributed by atoms with van der Waals surface area (Å²) in [5, 5.41) is 11.1. The van der Waals surface area contributed by atoms with Crippen LogP contribution < -0.4 is 10.5 Å². The van der Waals surface area contributed by atoms with Crippen LogP contribution in [0.3, 0.4) is 0 Å². The fourth-order valence-electron chi connectivity index (χ4n) is 1.10. The Labute approximate surface area is 102 Å². The molecule has 0 unspecified atom stereocenters. The van der Waals surface area contributed by atoms with Gasteiger partial charge in [0.2, 0.25) is 0 Å². The maximum absolute atomic E-state index is 11.8. The molecule has 102 valence electrons. The molecule has 0 atom stereocenters. The van der Waals surface area contributed by atoms with Crippen LogP contribution in [-0.4, -0.2) is 57.1 Å². The molecule has 17 heavy (non-hydrogen) atoms. The highest BCUT2D eigenvalue weighted by molar-refractivity contribution is 7.87. The van der Waals surface area contributed by atoms with Gasteiger partial charge >= 0.3 is 0 Å². The summed E-state index contributed by atoms with van der Waals surface area (Å²) in [6.45, 7) is 2.69. The van der Waals surface area contributed by atoms with E-state index in [1.165, 1.54) is 11.4 Å². The first kappa shape index (κ1) is 16.1. The molecular formula is C8H20N4O4S. The molecular weight excluding hydrogens is 248 g/mol. The van der Waals surface area contributed by atoms with E-state index in [0.717, 1.165) is 0 Å². The van der Waals surface area contributed by atoms with Gasteiger partial charge in [-0.1, -0.05) is 12.1 Å². The zero-order valence-electron chi connectivity index (χ0n) is 10.1. The molecule has 8 nitrogen and oxygen atoms in total. The van der Waals surface area contributed by atoms with E-state index in [1.807, 2.05) is 0 Å². The summed E-state index contributed by atoms with van der Waals surface area (Å²) >= 11 is 0. The number of hydrogen-bond acceptors (Lipinski definition) is 5. The normalized spacial score (nSPS) is 13.2. The molecule has 0 aromatic heterocycles. The van der Waals surface area contributed by atoms with Gasteiger partial charge in [0.05, 0.1) is 6.61 Å². The largest absolute Gasteiger partial charge is 0.409 e. The van der Waals surface area contributed by atoms with E-state index in [2.05, 4.69) is 9.88 Å². The Kier molecular flexibility index (Phi) is 7.79. The Morgan fingerprint density at radius 2 is 2.24 bits per heavy atom. The molecule has 9 heteroatoms. The lowest BCUT2D eigenvalue weighted by Crippen LogP contribution is -2.43. The molecule has 0 rings (SSSR count). The molecule has 0 aliphatic rings. The average Bonchev–Trinajstić information content (AvgIpc) is 2.29. The van der Waals surface area contributed by atoms with Crippen LogP contribution in [-0.2, 0) is 14.9 Å². The number of amidine groups is 1. The van der Waals surface area contributed by atoms with Crippen molar-refractivity contribution in [1.82, 2.24) is 9.03 Å². The van der Waals surface area contributed by atoms with Crippen LogP contribution in [0.5, 0.6) is 0 Å². The van der Waals surface area contributed by atoms with E-state index in [1.54, 1.807) is 6.92 Å². The predicted octanol–water partition coefficient (Wildman–Crippen LogP) is -1.07. The fraction of sp³-hybridized carbons (Fsp3) is 0.875. The SMILES string of the molecule is CCN(CCC(N)=NO)S(=O)(=O)NCCOC. The minimum Gasteiger partial charge on any atom is -0.409 e. The summed E-state index contributed by atoms with van der Waals surface area (Å²) in [4.78, 5) is 0. The smallest absolute Gasteiger partial charge is 0.279 e. The van der Waals surface area contributed by atoms with Crippen LogP contribution in [0.1, 0.15) is 13.3 Å². The Hall–Kier alpha value is -0.900. The first-order valence-electron chi connectivity index (χ1n) is 5.18. The third kappa shape index (κ3) is 6.41. The van der Waals surface area contributed by atoms with Crippen LogP contribution >= 0.6 is 0 Å². The fourth-order valence-corrected chi connectivity index (χ4v) is 2.30. The van der Waals surface area contributed by atoms with Crippen molar-refractivity contribution < 1.29 is 18.4 Å². The maximum Gasteiger partial charge on any atom is 0.279 e. The average molecular weight is 268 g/mol. The molecule has 0 aliphatic carbocycles. The zero-order valence-corrected chi connectivity index (χ0v) is 10.9. The van der Waals surface area contributed by atoms with E-state index < -0.39 is 10.2 Å². The second kappa shape index (κ2) is 8.23. The highest BCUT2D eigenvalue weighted by Crippen LogP contribution is 1.99. The zero-order chi connectivity index (χ0) is 13.3. The first-order valence-corrected chi connectivity index (χ1v) is 6.62. The summed E-state index contributed by atoms with van der Waals surface area (Å²) in [7, 11) is -2.05. The van der Waals surface area contributed by atoms with E-state index in [0.29, 0.717) is 13.2 Å². The van der Waals surface area contributed by atoms with Gasteiger partial charge in [-0.2, -0.15) is 17.4 Å². The van der Waals surface area contributed by atoms with E-state index in [-0.39, 0.29) is 25.3 Å². The van der Waals surface area contributed by atoms with Gasteiger partial charge in [-0.15, -0.1) is 0 Å². The van der Waals surface area contributed by atoms with Crippen molar-refractivity contribution >= 4 is 16.0 Å². The van der Waals surface area contributed by atoms with Crippen molar-refractivity contribution in [3.05, 3.63) is 0 Å². The molecule has 0 aliphatic heterocycles. The second-order valence-corrected chi connectivity index (χ2v) is 4.98. The van der Waals surface area contributed by atoms with Gasteiger partial charge in [0.1, 0.15) is 5.84 Å². The Morgan fingerprint density at radius 3 is 2.71 bits per heavy atom. The number of nitrogens with one attached hydrogen (secondary N) is 1. The van der Waals surface area contributed by atoms with Gasteiger partial charge in [-0.05, 0) is 0 Å². The predicted molar refractivity (Wildman–Crippen MR) is 64.1 cm³/mol. The van der Waals surface area contributed by atoms with Gasteiger partial charge < -0.3 is 15.7 Å². The van der Waals surface area contributed by atoms with E-state index in [9.17, 15) is 8.42 Å². The lowest BCUT2D eigenvalue weighted by atomic mass is 10.4. The molecule has 0 aromatic carbocycles. The molecule has 0 radical (unpaired) electrons. The molecule has 0 heterocycles. The summed E-state index contributed by atoms with van der Waals surface area (Å²) in [5.41, 5.74) is 5.28. The summed E-state index contributed by atoms with van der Waals surface area (Å²) in [6.07, 6.45) is 0.176. The molecule has 0 saturated carbocycles. The Morgan fingerprint density at radius 1 is 1.59 bits per heavy atom. The number of methoxy groups -OCH3 is 1. The Balaban J connectivity index is 4.32. The monoisotopic (exact) mass is 268 g/mol. The number of rotatable bonds is 9. The second-order valence-electron chi connectivity index (χ2n) is 3.23. The highest BCUT2D eigenvalue weighted by atomic mass is 32.2. The summed E-state index contributed by atoms with van der Waals surface area (Å²) in [6, 6.07) is 0. The quantitative estimate of drug-likeness (QED) is 0.162. The van der Waals surface area contributed by atoms with Crippen LogP contribution in [0.25, 0.3) is 0 Å². The number of nitrogens with zero attached hydrogens (tertiary/aromatic N) is 2. The van der Waals surface area contributed by atoms with Gasteiger partial charge in [0.25, 0.3) is 10.2 Å². The van der Waals surface area contributed by atoms with E-state index in [4.69, 9.17) is 15.7 Å². The van der Waals surface area contributed by atoms with Gasteiger partial charge in [-0.25, -0.2) is 0 Å². The van der Waals surface area contributed by atoms with Crippen LogP contribution in [0.2, 0.25) is 0 Å². The molecule has 0 bridgehead atoms. The molecule has 0 fully saturated rings. The highest BCUT2D eigenvalue weighted by Gasteiger charge is 2.19. The molecule has 0 saturated heterocycles. The van der Waals surface area contributed by atoms with Gasteiger partial charge in [0.15, 0.2) is 0 Å². The van der Waals surface area contributed by atoms with Crippen LogP contribution in [0.4, 0.5) is 0 Å². The van der Waals surface area contributed by atoms with Crippen molar-refractivity contribution in [2.24, 2.45) is 10.9 Å². The maximum atomic E-state index is 11.8. The molecule has 0 spiro atoms. The van der Waals surface area contributed by atoms with Crippen molar-refractivity contribution in [2.45, 2.75) is 13.3 Å². The summed E-state index contributed by atoms with van der Waals surface area (Å²) in [5.74, 6) is -0.00413. The summed E-state index contributed by atoms with van der Waals surface area (Å²) < 4.78 is 31.8. The van der Waals surface area contributed by atoms with Gasteiger partial charge in [0, 0.05) is 33.2 Å². The standard InChI is InChI=1S/C8H20N4O4S/c1-3-12(6-4-8(9)11-13)17(14,15)10-5-7-16-2/h10,13H,3-7H2,1-2H3,(H2,9,11).